The highest BCUT2D eigenvalue weighted by atomic mass is 35.6. The molecule has 122 valence electrons. The molecule has 0 saturated heterocycles. The van der Waals surface area contributed by atoms with E-state index in [-0.39, 0.29) is 18.4 Å². The highest BCUT2D eigenvalue weighted by Crippen LogP contribution is 2.33. The summed E-state index contributed by atoms with van der Waals surface area (Å²) < 4.78 is 4.15. The van der Waals surface area contributed by atoms with Crippen LogP contribution < -0.4 is 5.32 Å². The molecule has 1 fully saturated rings. The number of rotatable bonds is 5. The van der Waals surface area contributed by atoms with Gasteiger partial charge >= 0.3 is 0 Å². The molecule has 0 aromatic heterocycles. The van der Waals surface area contributed by atoms with Crippen LogP contribution in [0.2, 0.25) is 0 Å². The lowest BCUT2D eigenvalue weighted by Gasteiger charge is -2.31. The Kier molecular flexibility index (Phi) is 6.82. The Balaban J connectivity index is 1.92. The van der Waals surface area contributed by atoms with E-state index in [0.29, 0.717) is 0 Å². The van der Waals surface area contributed by atoms with Crippen LogP contribution >= 0.6 is 34.8 Å². The first-order valence-electron chi connectivity index (χ1n) is 7.50. The first-order valence-corrected chi connectivity index (χ1v) is 8.64. The van der Waals surface area contributed by atoms with Crippen molar-refractivity contribution in [3.8, 4) is 0 Å². The average Bonchev–Trinajstić information content (AvgIpc) is 2.48. The predicted molar refractivity (Wildman–Crippen MR) is 90.3 cm³/mol. The van der Waals surface area contributed by atoms with Crippen molar-refractivity contribution in [2.24, 2.45) is 0 Å². The van der Waals surface area contributed by atoms with Crippen molar-refractivity contribution in [2.75, 3.05) is 0 Å². The molecular formula is C16H20Cl3NO2. The Hall–Kier alpha value is -0.480. The van der Waals surface area contributed by atoms with Crippen LogP contribution in [0.3, 0.4) is 0 Å². The van der Waals surface area contributed by atoms with Crippen LogP contribution in [-0.4, -0.2) is 22.0 Å². The van der Waals surface area contributed by atoms with Gasteiger partial charge in [-0.15, -0.1) is 0 Å². The van der Waals surface area contributed by atoms with Crippen LogP contribution in [0.4, 0.5) is 0 Å². The molecule has 6 heteroatoms. The minimum atomic E-state index is -1.69. The SMILES string of the molecule is O=C(Cc1ccccc1)NC(OC1CCCCC1)C(Cl)(Cl)Cl. The molecule has 0 heterocycles. The van der Waals surface area contributed by atoms with Gasteiger partial charge in [0.05, 0.1) is 12.5 Å². The molecule has 1 amide bonds. The first kappa shape index (κ1) is 17.9. The van der Waals surface area contributed by atoms with Gasteiger partial charge in [0.1, 0.15) is 0 Å². The number of benzene rings is 1. The zero-order valence-corrected chi connectivity index (χ0v) is 14.5. The minimum Gasteiger partial charge on any atom is -0.351 e. The van der Waals surface area contributed by atoms with Crippen LogP contribution in [0.15, 0.2) is 30.3 Å². The number of alkyl halides is 3. The molecule has 0 aliphatic heterocycles. The molecular weight excluding hydrogens is 345 g/mol. The number of carbonyl (C=O) groups is 1. The van der Waals surface area contributed by atoms with Gasteiger partial charge in [-0.05, 0) is 18.4 Å². The van der Waals surface area contributed by atoms with Crippen LogP contribution in [0.1, 0.15) is 37.7 Å². The summed E-state index contributed by atoms with van der Waals surface area (Å²) in [6, 6.07) is 9.43. The molecule has 2 rings (SSSR count). The lowest BCUT2D eigenvalue weighted by molar-refractivity contribution is -0.127. The number of carbonyl (C=O) groups excluding carboxylic acids is 1. The molecule has 3 nitrogen and oxygen atoms in total. The van der Waals surface area contributed by atoms with Gasteiger partial charge in [-0.25, -0.2) is 0 Å². The van der Waals surface area contributed by atoms with Crippen molar-refractivity contribution in [1.82, 2.24) is 5.32 Å². The van der Waals surface area contributed by atoms with Gasteiger partial charge in [0.2, 0.25) is 9.70 Å². The number of hydrogen-bond donors (Lipinski definition) is 1. The van der Waals surface area contributed by atoms with Gasteiger partial charge < -0.3 is 10.1 Å². The Labute approximate surface area is 146 Å². The van der Waals surface area contributed by atoms with E-state index in [1.807, 2.05) is 30.3 Å². The van der Waals surface area contributed by atoms with Gasteiger partial charge in [-0.1, -0.05) is 84.4 Å². The summed E-state index contributed by atoms with van der Waals surface area (Å²) >= 11 is 17.9. The van der Waals surface area contributed by atoms with Crippen LogP contribution in [0.5, 0.6) is 0 Å². The smallest absolute Gasteiger partial charge is 0.234 e. The molecule has 22 heavy (non-hydrogen) atoms. The number of hydrogen-bond acceptors (Lipinski definition) is 2. The van der Waals surface area contributed by atoms with Gasteiger partial charge in [0, 0.05) is 0 Å². The minimum absolute atomic E-state index is 0.0337. The van der Waals surface area contributed by atoms with E-state index in [9.17, 15) is 4.79 Å². The Morgan fingerprint density at radius 2 is 1.82 bits per heavy atom. The quantitative estimate of drug-likeness (QED) is 0.621. The molecule has 1 aliphatic rings. The van der Waals surface area contributed by atoms with E-state index in [1.165, 1.54) is 6.42 Å². The monoisotopic (exact) mass is 363 g/mol. The maximum atomic E-state index is 12.1. The van der Waals surface area contributed by atoms with Crippen LogP contribution in [0, 0.1) is 0 Å². The zero-order valence-electron chi connectivity index (χ0n) is 12.2. The second-order valence-corrected chi connectivity index (χ2v) is 7.92. The molecule has 1 aliphatic carbocycles. The molecule has 1 saturated carbocycles. The molecule has 0 radical (unpaired) electrons. The fourth-order valence-electron chi connectivity index (χ4n) is 2.57. The van der Waals surface area contributed by atoms with E-state index in [4.69, 9.17) is 39.5 Å². The van der Waals surface area contributed by atoms with Gasteiger partial charge in [0.15, 0.2) is 6.23 Å². The Bertz CT molecular complexity index is 470. The first-order chi connectivity index (χ1) is 10.4. The highest BCUT2D eigenvalue weighted by molar-refractivity contribution is 6.68. The third-order valence-electron chi connectivity index (χ3n) is 3.68. The van der Waals surface area contributed by atoms with Gasteiger partial charge in [-0.3, -0.25) is 4.79 Å². The summed E-state index contributed by atoms with van der Waals surface area (Å²) in [5.41, 5.74) is 0.903. The molecule has 1 aromatic carbocycles. The number of amides is 1. The fourth-order valence-corrected chi connectivity index (χ4v) is 2.88. The van der Waals surface area contributed by atoms with Crippen molar-refractivity contribution >= 4 is 40.7 Å². The average molecular weight is 365 g/mol. The topological polar surface area (TPSA) is 38.3 Å². The molecule has 1 unspecified atom stereocenters. The summed E-state index contributed by atoms with van der Waals surface area (Å²) in [6.45, 7) is 0. The van der Waals surface area contributed by atoms with E-state index >= 15 is 0 Å². The standard InChI is InChI=1S/C16H20Cl3NO2/c17-16(18,19)15(22-13-9-5-2-6-10-13)20-14(21)11-12-7-3-1-4-8-12/h1,3-4,7-8,13,15H,2,5-6,9-11H2,(H,20,21). The van der Waals surface area contributed by atoms with E-state index in [1.54, 1.807) is 0 Å². The van der Waals surface area contributed by atoms with Crippen LogP contribution in [-0.2, 0) is 16.0 Å². The fraction of sp³-hybridized carbons (Fsp3) is 0.562. The van der Waals surface area contributed by atoms with Crippen LogP contribution in [0.25, 0.3) is 0 Å². The molecule has 1 atom stereocenters. The Morgan fingerprint density at radius 3 is 2.41 bits per heavy atom. The molecule has 0 spiro atoms. The van der Waals surface area contributed by atoms with Crippen molar-refractivity contribution in [3.63, 3.8) is 0 Å². The second-order valence-electron chi connectivity index (χ2n) is 5.55. The summed E-state index contributed by atoms with van der Waals surface area (Å²) in [5, 5.41) is 2.70. The molecule has 1 N–H and O–H groups in total. The van der Waals surface area contributed by atoms with E-state index in [0.717, 1.165) is 31.2 Å². The van der Waals surface area contributed by atoms with E-state index < -0.39 is 10.0 Å². The van der Waals surface area contributed by atoms with Gasteiger partial charge in [0.25, 0.3) is 0 Å². The summed E-state index contributed by atoms with van der Waals surface area (Å²) in [7, 11) is 0. The largest absolute Gasteiger partial charge is 0.351 e. The van der Waals surface area contributed by atoms with E-state index in [2.05, 4.69) is 5.32 Å². The predicted octanol–water partition coefficient (Wildman–Crippen LogP) is 4.39. The van der Waals surface area contributed by atoms with Crippen molar-refractivity contribution < 1.29 is 9.53 Å². The lowest BCUT2D eigenvalue weighted by Crippen LogP contribution is -2.48. The summed E-state index contributed by atoms with van der Waals surface area (Å²) in [4.78, 5) is 12.1. The Morgan fingerprint density at radius 1 is 1.18 bits per heavy atom. The zero-order chi connectivity index (χ0) is 16.0. The number of ether oxygens (including phenoxy) is 1. The van der Waals surface area contributed by atoms with Crippen molar-refractivity contribution in [3.05, 3.63) is 35.9 Å². The number of halogens is 3. The maximum Gasteiger partial charge on any atom is 0.234 e. The maximum absolute atomic E-state index is 12.1. The normalized spacial score (nSPS) is 18.0. The summed E-state index contributed by atoms with van der Waals surface area (Å²) in [5.74, 6) is -0.224. The lowest BCUT2D eigenvalue weighted by atomic mass is 9.98. The summed E-state index contributed by atoms with van der Waals surface area (Å²) in [6.07, 6.45) is 4.62. The highest BCUT2D eigenvalue weighted by Gasteiger charge is 2.37. The third kappa shape index (κ3) is 5.96. The van der Waals surface area contributed by atoms with Crippen molar-refractivity contribution in [1.29, 1.82) is 0 Å². The molecule has 1 aromatic rings. The third-order valence-corrected chi connectivity index (χ3v) is 4.27. The molecule has 0 bridgehead atoms. The van der Waals surface area contributed by atoms with Crippen molar-refractivity contribution in [2.45, 2.75) is 54.6 Å². The number of nitrogens with one attached hydrogen (secondary N) is 1. The second kappa shape index (κ2) is 8.39. The van der Waals surface area contributed by atoms with Gasteiger partial charge in [-0.2, -0.15) is 0 Å².